The van der Waals surface area contributed by atoms with Gasteiger partial charge in [0, 0.05) is 0 Å². The highest BCUT2D eigenvalue weighted by molar-refractivity contribution is 6.33. The number of rotatable bonds is 4. The van der Waals surface area contributed by atoms with E-state index in [1.807, 2.05) is 12.1 Å². The van der Waals surface area contributed by atoms with Crippen LogP contribution in [0.4, 0.5) is 5.69 Å². The van der Waals surface area contributed by atoms with Crippen LogP contribution in [-0.4, -0.2) is 25.2 Å². The van der Waals surface area contributed by atoms with E-state index in [-0.39, 0.29) is 0 Å². The Bertz CT molecular complexity index is 652. The van der Waals surface area contributed by atoms with Crippen molar-refractivity contribution in [2.75, 3.05) is 5.32 Å². The lowest BCUT2D eigenvalue weighted by Crippen LogP contribution is -2.01. The van der Waals surface area contributed by atoms with Crippen LogP contribution in [0.1, 0.15) is 5.76 Å². The number of aromatic nitrogens is 5. The summed E-state index contributed by atoms with van der Waals surface area (Å²) >= 11 is 6.13. The Morgan fingerprint density at radius 1 is 1.37 bits per heavy atom. The van der Waals surface area contributed by atoms with Gasteiger partial charge < -0.3 is 9.73 Å². The first kappa shape index (κ1) is 11.7. The van der Waals surface area contributed by atoms with E-state index in [0.717, 1.165) is 17.1 Å². The van der Waals surface area contributed by atoms with Crippen molar-refractivity contribution in [3.8, 4) is 5.69 Å². The quantitative estimate of drug-likeness (QED) is 0.784. The molecule has 0 aliphatic carbocycles. The third-order valence-electron chi connectivity index (χ3n) is 2.50. The molecule has 96 valence electrons. The molecule has 0 radical (unpaired) electrons. The lowest BCUT2D eigenvalue weighted by atomic mass is 10.2. The molecule has 0 amide bonds. The fourth-order valence-electron chi connectivity index (χ4n) is 1.58. The summed E-state index contributed by atoms with van der Waals surface area (Å²) in [6, 6.07) is 5.47. The largest absolute Gasteiger partial charge is 0.447 e. The average Bonchev–Trinajstić information content (AvgIpc) is 3.11. The Kier molecular flexibility index (Phi) is 3.11. The van der Waals surface area contributed by atoms with Gasteiger partial charge >= 0.3 is 0 Å². The van der Waals surface area contributed by atoms with Gasteiger partial charge in [0.05, 0.1) is 29.1 Å². The molecule has 19 heavy (non-hydrogen) atoms. The Morgan fingerprint density at radius 3 is 3.05 bits per heavy atom. The van der Waals surface area contributed by atoms with E-state index in [0.29, 0.717) is 11.6 Å². The number of hydrogen-bond acceptors (Lipinski definition) is 6. The Balaban J connectivity index is 1.82. The summed E-state index contributed by atoms with van der Waals surface area (Å²) in [6.45, 7) is 0.499. The van der Waals surface area contributed by atoms with Gasteiger partial charge in [-0.2, -0.15) is 0 Å². The first-order valence-electron chi connectivity index (χ1n) is 5.47. The molecule has 0 saturated carbocycles. The fraction of sp³-hybridized carbons (Fsp3) is 0.0909. The summed E-state index contributed by atoms with van der Waals surface area (Å²) in [4.78, 5) is 3.84. The monoisotopic (exact) mass is 276 g/mol. The molecule has 8 heteroatoms. The van der Waals surface area contributed by atoms with Gasteiger partial charge in [-0.3, -0.25) is 0 Å². The predicted molar refractivity (Wildman–Crippen MR) is 68.0 cm³/mol. The molecule has 0 spiro atoms. The molecule has 0 saturated heterocycles. The van der Waals surface area contributed by atoms with Crippen molar-refractivity contribution in [2.45, 2.75) is 6.54 Å². The standard InChI is InChI=1S/C11H9ClN6O/c12-10-2-1-8(18-6-15-16-17-18)3-11(10)14-5-9-4-13-7-19-9/h1-4,6-7,14H,5H2. The van der Waals surface area contributed by atoms with Crippen molar-refractivity contribution in [1.29, 1.82) is 0 Å². The van der Waals surface area contributed by atoms with E-state index < -0.39 is 0 Å². The third kappa shape index (κ3) is 2.55. The second kappa shape index (κ2) is 5.07. The summed E-state index contributed by atoms with van der Waals surface area (Å²) in [5.74, 6) is 0.726. The molecule has 0 unspecified atom stereocenters. The van der Waals surface area contributed by atoms with Gasteiger partial charge in [-0.15, -0.1) is 5.10 Å². The zero-order valence-electron chi connectivity index (χ0n) is 9.69. The van der Waals surface area contributed by atoms with E-state index in [1.165, 1.54) is 12.7 Å². The van der Waals surface area contributed by atoms with Crippen molar-refractivity contribution in [3.05, 3.63) is 47.9 Å². The van der Waals surface area contributed by atoms with Crippen LogP contribution in [0.2, 0.25) is 5.02 Å². The van der Waals surface area contributed by atoms with Crippen molar-refractivity contribution in [2.24, 2.45) is 0 Å². The minimum atomic E-state index is 0.499. The SMILES string of the molecule is Clc1ccc(-n2cnnn2)cc1NCc1cnco1. The number of nitrogens with one attached hydrogen (secondary N) is 1. The molecular formula is C11H9ClN6O. The van der Waals surface area contributed by atoms with Crippen molar-refractivity contribution in [3.63, 3.8) is 0 Å². The minimum Gasteiger partial charge on any atom is -0.447 e. The summed E-state index contributed by atoms with van der Waals surface area (Å²) in [5.41, 5.74) is 1.58. The Hall–Kier alpha value is -2.41. The topological polar surface area (TPSA) is 81.7 Å². The van der Waals surface area contributed by atoms with E-state index >= 15 is 0 Å². The molecule has 1 aromatic carbocycles. The van der Waals surface area contributed by atoms with E-state index in [9.17, 15) is 0 Å². The van der Waals surface area contributed by atoms with Crippen LogP contribution in [0.3, 0.4) is 0 Å². The molecule has 3 aromatic rings. The number of halogens is 1. The van der Waals surface area contributed by atoms with Crippen LogP contribution in [0, 0.1) is 0 Å². The maximum absolute atomic E-state index is 6.13. The van der Waals surface area contributed by atoms with Gasteiger partial charge in [-0.05, 0) is 28.6 Å². The number of benzene rings is 1. The second-order valence-electron chi connectivity index (χ2n) is 3.74. The second-order valence-corrected chi connectivity index (χ2v) is 4.15. The Morgan fingerprint density at radius 2 is 2.32 bits per heavy atom. The number of tetrazole rings is 1. The van der Waals surface area contributed by atoms with Crippen LogP contribution >= 0.6 is 11.6 Å². The van der Waals surface area contributed by atoms with Crippen molar-refractivity contribution >= 4 is 17.3 Å². The molecule has 2 aromatic heterocycles. The fourth-order valence-corrected chi connectivity index (χ4v) is 1.77. The van der Waals surface area contributed by atoms with Crippen molar-refractivity contribution in [1.82, 2.24) is 25.2 Å². The smallest absolute Gasteiger partial charge is 0.180 e. The van der Waals surface area contributed by atoms with Gasteiger partial charge in [0.1, 0.15) is 12.1 Å². The number of nitrogens with zero attached hydrogens (tertiary/aromatic N) is 5. The number of oxazole rings is 1. The van der Waals surface area contributed by atoms with Crippen LogP contribution in [0.15, 0.2) is 41.5 Å². The minimum absolute atomic E-state index is 0.499. The first-order chi connectivity index (χ1) is 9.33. The molecule has 0 atom stereocenters. The maximum Gasteiger partial charge on any atom is 0.180 e. The highest BCUT2D eigenvalue weighted by Crippen LogP contribution is 2.24. The predicted octanol–water partition coefficient (Wildman–Crippen LogP) is 1.92. The van der Waals surface area contributed by atoms with E-state index in [4.69, 9.17) is 16.0 Å². The van der Waals surface area contributed by atoms with Crippen LogP contribution in [0.5, 0.6) is 0 Å². The molecule has 0 aliphatic heterocycles. The normalized spacial score (nSPS) is 10.6. The summed E-state index contributed by atoms with van der Waals surface area (Å²) in [6.07, 6.45) is 4.55. The lowest BCUT2D eigenvalue weighted by molar-refractivity contribution is 0.512. The zero-order valence-corrected chi connectivity index (χ0v) is 10.4. The molecule has 3 rings (SSSR count). The first-order valence-corrected chi connectivity index (χ1v) is 5.85. The summed E-state index contributed by atoms with van der Waals surface area (Å²) in [5, 5.41) is 14.8. The third-order valence-corrected chi connectivity index (χ3v) is 2.83. The highest BCUT2D eigenvalue weighted by Gasteiger charge is 2.05. The molecule has 2 heterocycles. The van der Waals surface area contributed by atoms with Crippen LogP contribution in [-0.2, 0) is 6.54 Å². The van der Waals surface area contributed by atoms with Gasteiger partial charge in [0.2, 0.25) is 0 Å². The summed E-state index contributed by atoms with van der Waals surface area (Å²) in [7, 11) is 0. The lowest BCUT2D eigenvalue weighted by Gasteiger charge is -2.08. The molecule has 0 bridgehead atoms. The maximum atomic E-state index is 6.13. The van der Waals surface area contributed by atoms with Gasteiger partial charge in [-0.1, -0.05) is 11.6 Å². The van der Waals surface area contributed by atoms with Crippen molar-refractivity contribution < 1.29 is 4.42 Å². The zero-order chi connectivity index (χ0) is 13.1. The Labute approximate surface area is 113 Å². The highest BCUT2D eigenvalue weighted by atomic mass is 35.5. The summed E-state index contributed by atoms with van der Waals surface area (Å²) < 4.78 is 6.69. The molecule has 1 N–H and O–H groups in total. The van der Waals surface area contributed by atoms with Crippen LogP contribution in [0.25, 0.3) is 5.69 Å². The number of anilines is 1. The van der Waals surface area contributed by atoms with E-state index in [2.05, 4.69) is 25.8 Å². The van der Waals surface area contributed by atoms with E-state index in [1.54, 1.807) is 16.9 Å². The van der Waals surface area contributed by atoms with Crippen LogP contribution < -0.4 is 5.32 Å². The average molecular weight is 277 g/mol. The number of hydrogen-bond donors (Lipinski definition) is 1. The molecule has 0 fully saturated rings. The van der Waals surface area contributed by atoms with Gasteiger partial charge in [0.15, 0.2) is 6.39 Å². The molecule has 0 aliphatic rings. The molecule has 7 nitrogen and oxygen atoms in total. The van der Waals surface area contributed by atoms with Gasteiger partial charge in [-0.25, -0.2) is 9.67 Å². The molecular weight excluding hydrogens is 268 g/mol. The van der Waals surface area contributed by atoms with Gasteiger partial charge in [0.25, 0.3) is 0 Å².